The molecule has 0 saturated carbocycles. The van der Waals surface area contributed by atoms with Crippen molar-refractivity contribution in [2.75, 3.05) is 6.61 Å². The van der Waals surface area contributed by atoms with E-state index in [1.807, 2.05) is 41.5 Å². The summed E-state index contributed by atoms with van der Waals surface area (Å²) in [6.45, 7) is 12.3. The molecule has 0 aromatic heterocycles. The zero-order valence-electron chi connectivity index (χ0n) is 9.98. The van der Waals surface area contributed by atoms with Crippen molar-refractivity contribution in [2.24, 2.45) is 0 Å². The largest absolute Gasteiger partial charge is 0.348 e. The summed E-state index contributed by atoms with van der Waals surface area (Å²) in [4.78, 5) is 0. The van der Waals surface area contributed by atoms with Gasteiger partial charge in [-0.1, -0.05) is 17.2 Å². The van der Waals surface area contributed by atoms with E-state index >= 15 is 0 Å². The van der Waals surface area contributed by atoms with E-state index in [0.717, 1.165) is 5.57 Å². The fourth-order valence-corrected chi connectivity index (χ4v) is 0.975. The van der Waals surface area contributed by atoms with Crippen LogP contribution in [-0.2, 0) is 9.47 Å². The smallest absolute Gasteiger partial charge is 0.194 e. The lowest BCUT2D eigenvalue weighted by Crippen LogP contribution is -2.30. The Morgan fingerprint density at radius 3 is 2.07 bits per heavy atom. The fourth-order valence-electron chi connectivity index (χ4n) is 0.867. The van der Waals surface area contributed by atoms with Gasteiger partial charge in [-0.2, -0.15) is 0 Å². The quantitative estimate of drug-likeness (QED) is 0.673. The molecule has 0 aromatic rings. The van der Waals surface area contributed by atoms with Crippen molar-refractivity contribution in [3.8, 4) is 0 Å². The molecule has 0 amide bonds. The highest BCUT2D eigenvalue weighted by atomic mass is 35.5. The molecule has 0 fully saturated rings. The summed E-state index contributed by atoms with van der Waals surface area (Å²) in [6, 6.07) is 0. The third-order valence-electron chi connectivity index (χ3n) is 1.46. The second kappa shape index (κ2) is 5.74. The van der Waals surface area contributed by atoms with E-state index in [-0.39, 0.29) is 5.60 Å². The predicted octanol–water partition coefficient (Wildman–Crippen LogP) is 3.70. The van der Waals surface area contributed by atoms with Gasteiger partial charge in [-0.15, -0.1) is 0 Å². The third-order valence-corrected chi connectivity index (χ3v) is 2.02. The summed E-state index contributed by atoms with van der Waals surface area (Å²) in [7, 11) is 0. The van der Waals surface area contributed by atoms with Crippen LogP contribution in [0.1, 0.15) is 41.5 Å². The van der Waals surface area contributed by atoms with Crippen LogP contribution in [-0.4, -0.2) is 18.5 Å². The Kier molecular flexibility index (Phi) is 5.72. The maximum atomic E-state index is 6.10. The zero-order valence-corrected chi connectivity index (χ0v) is 10.7. The number of rotatable bonds is 4. The molecular weight excluding hydrogens is 200 g/mol. The van der Waals surface area contributed by atoms with Crippen LogP contribution in [0.5, 0.6) is 0 Å². The first-order valence-corrected chi connectivity index (χ1v) is 5.28. The average molecular weight is 221 g/mol. The maximum absolute atomic E-state index is 6.10. The summed E-state index contributed by atoms with van der Waals surface area (Å²) >= 11 is 6.10. The molecule has 1 atom stereocenters. The number of ether oxygens (including phenoxy) is 2. The van der Waals surface area contributed by atoms with Crippen LogP contribution in [0, 0.1) is 0 Å². The molecule has 0 heterocycles. The predicted molar refractivity (Wildman–Crippen MR) is 60.5 cm³/mol. The summed E-state index contributed by atoms with van der Waals surface area (Å²) in [5.74, 6) is 0. The fraction of sp³-hybridized carbons (Fsp3) is 0.818. The molecule has 0 rings (SSSR count). The molecule has 3 heteroatoms. The van der Waals surface area contributed by atoms with Crippen molar-refractivity contribution in [1.82, 2.24) is 0 Å². The standard InChI is InChI=1S/C11H21ClO2/c1-7-13-10(9(12)8(2)3)14-11(4,5)6/h10H,7H2,1-6H3. The van der Waals surface area contributed by atoms with E-state index in [9.17, 15) is 0 Å². The first-order chi connectivity index (χ1) is 6.28. The normalized spacial score (nSPS) is 13.9. The highest BCUT2D eigenvalue weighted by Gasteiger charge is 2.22. The Morgan fingerprint density at radius 1 is 1.29 bits per heavy atom. The van der Waals surface area contributed by atoms with Gasteiger partial charge in [-0.05, 0) is 41.5 Å². The topological polar surface area (TPSA) is 18.5 Å². The molecular formula is C11H21ClO2. The molecule has 0 saturated heterocycles. The SMILES string of the molecule is CCOC(OC(C)(C)C)C(Cl)=C(C)C. The second-order valence-corrected chi connectivity index (χ2v) is 4.77. The molecule has 0 aliphatic rings. The van der Waals surface area contributed by atoms with Gasteiger partial charge in [0.05, 0.1) is 10.6 Å². The van der Waals surface area contributed by atoms with E-state index in [4.69, 9.17) is 21.1 Å². The summed E-state index contributed by atoms with van der Waals surface area (Å²) in [5, 5.41) is 0.641. The summed E-state index contributed by atoms with van der Waals surface area (Å²) in [6.07, 6.45) is -0.438. The van der Waals surface area contributed by atoms with Gasteiger partial charge < -0.3 is 9.47 Å². The lowest BCUT2D eigenvalue weighted by molar-refractivity contribution is -0.169. The molecule has 0 bridgehead atoms. The highest BCUT2D eigenvalue weighted by molar-refractivity contribution is 6.30. The number of allylic oxidation sites excluding steroid dienone is 1. The maximum Gasteiger partial charge on any atom is 0.194 e. The molecule has 0 aromatic carbocycles. The van der Waals surface area contributed by atoms with Crippen molar-refractivity contribution in [3.05, 3.63) is 10.6 Å². The Hall–Kier alpha value is -0.0500. The molecule has 0 N–H and O–H groups in total. The van der Waals surface area contributed by atoms with E-state index in [0.29, 0.717) is 11.6 Å². The highest BCUT2D eigenvalue weighted by Crippen LogP contribution is 2.22. The van der Waals surface area contributed by atoms with Crippen LogP contribution in [0.15, 0.2) is 10.6 Å². The van der Waals surface area contributed by atoms with Crippen molar-refractivity contribution < 1.29 is 9.47 Å². The Balaban J connectivity index is 4.53. The molecule has 0 aliphatic heterocycles. The Labute approximate surface area is 92.2 Å². The summed E-state index contributed by atoms with van der Waals surface area (Å²) < 4.78 is 11.1. The minimum absolute atomic E-state index is 0.255. The lowest BCUT2D eigenvalue weighted by atomic mass is 10.2. The number of hydrogen-bond acceptors (Lipinski definition) is 2. The van der Waals surface area contributed by atoms with Gasteiger partial charge in [0.15, 0.2) is 6.29 Å². The van der Waals surface area contributed by atoms with Gasteiger partial charge in [0, 0.05) is 6.61 Å². The van der Waals surface area contributed by atoms with E-state index in [2.05, 4.69) is 0 Å². The van der Waals surface area contributed by atoms with Gasteiger partial charge in [-0.25, -0.2) is 0 Å². The van der Waals surface area contributed by atoms with Gasteiger partial charge in [0.2, 0.25) is 0 Å². The van der Waals surface area contributed by atoms with Crippen LogP contribution < -0.4 is 0 Å². The zero-order chi connectivity index (χ0) is 11.4. The van der Waals surface area contributed by atoms with Gasteiger partial charge in [0.25, 0.3) is 0 Å². The summed E-state index contributed by atoms with van der Waals surface area (Å²) in [5.41, 5.74) is 0.768. The molecule has 0 aliphatic carbocycles. The van der Waals surface area contributed by atoms with Crippen LogP contribution in [0.2, 0.25) is 0 Å². The number of hydrogen-bond donors (Lipinski definition) is 0. The first kappa shape index (κ1) is 13.9. The number of halogens is 1. The molecule has 0 spiro atoms. The molecule has 0 radical (unpaired) electrons. The van der Waals surface area contributed by atoms with Crippen LogP contribution in [0.25, 0.3) is 0 Å². The monoisotopic (exact) mass is 220 g/mol. The van der Waals surface area contributed by atoms with E-state index in [1.54, 1.807) is 0 Å². The van der Waals surface area contributed by atoms with Crippen molar-refractivity contribution in [2.45, 2.75) is 53.4 Å². The first-order valence-electron chi connectivity index (χ1n) is 4.90. The van der Waals surface area contributed by atoms with Gasteiger partial charge >= 0.3 is 0 Å². The van der Waals surface area contributed by atoms with Gasteiger partial charge in [0.1, 0.15) is 0 Å². The Morgan fingerprint density at radius 2 is 1.79 bits per heavy atom. The van der Waals surface area contributed by atoms with Crippen molar-refractivity contribution in [3.63, 3.8) is 0 Å². The van der Waals surface area contributed by atoms with Crippen molar-refractivity contribution in [1.29, 1.82) is 0 Å². The molecule has 14 heavy (non-hydrogen) atoms. The molecule has 2 nitrogen and oxygen atoms in total. The minimum Gasteiger partial charge on any atom is -0.348 e. The average Bonchev–Trinajstić information content (AvgIpc) is 1.99. The molecule has 1 unspecified atom stereocenters. The Bertz CT molecular complexity index is 200. The molecule has 84 valence electrons. The van der Waals surface area contributed by atoms with Crippen LogP contribution in [0.4, 0.5) is 0 Å². The third kappa shape index (κ3) is 5.63. The van der Waals surface area contributed by atoms with E-state index in [1.165, 1.54) is 0 Å². The van der Waals surface area contributed by atoms with Crippen LogP contribution in [0.3, 0.4) is 0 Å². The minimum atomic E-state index is -0.438. The van der Waals surface area contributed by atoms with E-state index < -0.39 is 6.29 Å². The second-order valence-electron chi connectivity index (χ2n) is 4.37. The van der Waals surface area contributed by atoms with Crippen molar-refractivity contribution >= 4 is 11.6 Å². The van der Waals surface area contributed by atoms with Gasteiger partial charge in [-0.3, -0.25) is 0 Å². The van der Waals surface area contributed by atoms with Crippen LogP contribution >= 0.6 is 11.6 Å². The lowest BCUT2D eigenvalue weighted by Gasteiger charge is -2.27.